The molecule has 2 heteroatoms. The Kier molecular flexibility index (Phi) is 10.3. The Hall–Kier alpha value is -0.530. The Balaban J connectivity index is -0.000000187. The molecule has 0 aliphatic rings. The molecule has 0 aliphatic heterocycles. The van der Waals surface area contributed by atoms with Crippen molar-refractivity contribution in [3.8, 4) is 0 Å². The molecule has 0 radical (unpaired) electrons. The lowest BCUT2D eigenvalue weighted by Gasteiger charge is -2.13. The quantitative estimate of drug-likeness (QED) is 0.709. The second-order valence-corrected chi connectivity index (χ2v) is 6.12. The average Bonchev–Trinajstić information content (AvgIpc) is 1.81. The zero-order chi connectivity index (χ0) is 12.0. The number of carbonyl (C=O) groups excluding carboxylic acids is 1. The maximum absolute atomic E-state index is 10.2. The predicted octanol–water partition coefficient (Wildman–Crippen LogP) is 3.99. The van der Waals surface area contributed by atoms with Crippen molar-refractivity contribution in [3.63, 3.8) is 0 Å². The lowest BCUT2D eigenvalue weighted by molar-refractivity contribution is -0.119. The molecule has 0 unspecified atom stereocenters. The maximum atomic E-state index is 10.2. The van der Waals surface area contributed by atoms with Crippen molar-refractivity contribution in [3.05, 3.63) is 0 Å². The SMILES string of the molecule is C.CC(C)(C)CC(N)=O.CCC(C)(C)C. The fraction of sp³-hybridized carbons (Fsp3) is 0.923. The number of nitrogens with two attached hydrogens (primary N) is 1. The molecule has 0 aromatic carbocycles. The van der Waals surface area contributed by atoms with Gasteiger partial charge in [-0.25, -0.2) is 0 Å². The lowest BCUT2D eigenvalue weighted by Crippen LogP contribution is -2.19. The molecule has 15 heavy (non-hydrogen) atoms. The first-order valence-corrected chi connectivity index (χ1v) is 5.26. The monoisotopic (exact) mass is 217 g/mol. The normalized spacial score (nSPS) is 10.9. The van der Waals surface area contributed by atoms with E-state index in [2.05, 4.69) is 27.7 Å². The van der Waals surface area contributed by atoms with Crippen LogP contribution in [0.2, 0.25) is 0 Å². The first-order valence-electron chi connectivity index (χ1n) is 5.26. The third kappa shape index (κ3) is 31.8. The van der Waals surface area contributed by atoms with Crippen LogP contribution in [0.25, 0.3) is 0 Å². The number of amides is 1. The molecule has 0 aliphatic carbocycles. The molecule has 0 fully saturated rings. The van der Waals surface area contributed by atoms with Crippen LogP contribution in [0.3, 0.4) is 0 Å². The van der Waals surface area contributed by atoms with E-state index in [-0.39, 0.29) is 18.7 Å². The molecular weight excluding hydrogens is 186 g/mol. The summed E-state index contributed by atoms with van der Waals surface area (Å²) in [6, 6.07) is 0. The first kappa shape index (κ1) is 20.0. The Morgan fingerprint density at radius 3 is 1.27 bits per heavy atom. The topological polar surface area (TPSA) is 43.1 Å². The molecule has 94 valence electrons. The molecule has 0 aromatic rings. The van der Waals surface area contributed by atoms with Gasteiger partial charge in [0.25, 0.3) is 0 Å². The van der Waals surface area contributed by atoms with E-state index in [0.29, 0.717) is 11.8 Å². The lowest BCUT2D eigenvalue weighted by atomic mass is 9.92. The maximum Gasteiger partial charge on any atom is 0.217 e. The number of rotatable bonds is 1. The van der Waals surface area contributed by atoms with Crippen LogP contribution < -0.4 is 5.73 Å². The van der Waals surface area contributed by atoms with Gasteiger partial charge in [-0.1, -0.05) is 62.3 Å². The highest BCUT2D eigenvalue weighted by molar-refractivity contribution is 5.74. The minimum absolute atomic E-state index is 0. The summed E-state index contributed by atoms with van der Waals surface area (Å²) in [6.45, 7) is 14.9. The number of hydrogen-bond acceptors (Lipinski definition) is 1. The highest BCUT2D eigenvalue weighted by Gasteiger charge is 2.12. The molecule has 0 bridgehead atoms. The minimum atomic E-state index is -0.225. The van der Waals surface area contributed by atoms with Crippen LogP contribution in [-0.2, 0) is 4.79 Å². The summed E-state index contributed by atoms with van der Waals surface area (Å²) in [5, 5.41) is 0. The molecular formula is C13H31NO. The van der Waals surface area contributed by atoms with Gasteiger partial charge in [0.2, 0.25) is 5.91 Å². The van der Waals surface area contributed by atoms with Gasteiger partial charge in [-0.2, -0.15) is 0 Å². The summed E-state index contributed by atoms with van der Waals surface area (Å²) in [5.74, 6) is -0.225. The van der Waals surface area contributed by atoms with Crippen LogP contribution in [0.15, 0.2) is 0 Å². The third-order valence-corrected chi connectivity index (χ3v) is 1.77. The highest BCUT2D eigenvalue weighted by atomic mass is 16.1. The van der Waals surface area contributed by atoms with Crippen molar-refractivity contribution in [2.24, 2.45) is 16.6 Å². The summed E-state index contributed by atoms with van der Waals surface area (Å²) >= 11 is 0. The van der Waals surface area contributed by atoms with Gasteiger partial charge in [0.05, 0.1) is 0 Å². The Morgan fingerprint density at radius 1 is 1.00 bits per heavy atom. The van der Waals surface area contributed by atoms with E-state index in [1.165, 1.54) is 6.42 Å². The Morgan fingerprint density at radius 2 is 1.27 bits per heavy atom. The number of primary amides is 1. The van der Waals surface area contributed by atoms with Gasteiger partial charge in [-0.05, 0) is 10.8 Å². The fourth-order valence-electron chi connectivity index (χ4n) is 0.523. The number of hydrogen-bond donors (Lipinski definition) is 1. The van der Waals surface area contributed by atoms with E-state index in [4.69, 9.17) is 5.73 Å². The summed E-state index contributed by atoms with van der Waals surface area (Å²) < 4.78 is 0. The van der Waals surface area contributed by atoms with E-state index >= 15 is 0 Å². The second-order valence-electron chi connectivity index (χ2n) is 6.12. The standard InChI is InChI=1S/C6H13NO.C6H14.CH4/c1-6(2,3)4-5(7)8;1-5-6(2,3)4;/h4H2,1-3H3,(H2,7,8);5H2,1-4H3;1H4. The van der Waals surface area contributed by atoms with Crippen LogP contribution in [0.4, 0.5) is 0 Å². The van der Waals surface area contributed by atoms with Crippen LogP contribution in [0.1, 0.15) is 68.7 Å². The van der Waals surface area contributed by atoms with Gasteiger partial charge in [0, 0.05) is 6.42 Å². The van der Waals surface area contributed by atoms with E-state index in [1.54, 1.807) is 0 Å². The zero-order valence-corrected chi connectivity index (χ0v) is 10.9. The van der Waals surface area contributed by atoms with Crippen molar-refractivity contribution < 1.29 is 4.79 Å². The molecule has 0 saturated heterocycles. The third-order valence-electron chi connectivity index (χ3n) is 1.77. The zero-order valence-electron chi connectivity index (χ0n) is 10.9. The molecule has 0 saturated carbocycles. The summed E-state index contributed by atoms with van der Waals surface area (Å²) in [6.07, 6.45) is 1.74. The predicted molar refractivity (Wildman–Crippen MR) is 69.7 cm³/mol. The molecule has 0 spiro atoms. The van der Waals surface area contributed by atoms with Crippen LogP contribution >= 0.6 is 0 Å². The van der Waals surface area contributed by atoms with Gasteiger partial charge in [-0.3, -0.25) is 4.79 Å². The Labute approximate surface area is 96.6 Å². The van der Waals surface area contributed by atoms with Crippen molar-refractivity contribution >= 4 is 5.91 Å². The van der Waals surface area contributed by atoms with Crippen molar-refractivity contribution in [1.29, 1.82) is 0 Å². The second kappa shape index (κ2) is 7.72. The molecule has 0 aromatic heterocycles. The van der Waals surface area contributed by atoms with Crippen LogP contribution in [0.5, 0.6) is 0 Å². The summed E-state index contributed by atoms with van der Waals surface area (Å²) in [5.41, 5.74) is 5.53. The van der Waals surface area contributed by atoms with Gasteiger partial charge in [-0.15, -0.1) is 0 Å². The fourth-order valence-corrected chi connectivity index (χ4v) is 0.523. The van der Waals surface area contributed by atoms with Gasteiger partial charge in [0.15, 0.2) is 0 Å². The highest BCUT2D eigenvalue weighted by Crippen LogP contribution is 2.17. The van der Waals surface area contributed by atoms with E-state index in [0.717, 1.165) is 0 Å². The molecule has 0 heterocycles. The summed E-state index contributed by atoms with van der Waals surface area (Å²) in [4.78, 5) is 10.2. The van der Waals surface area contributed by atoms with Gasteiger partial charge in [0.1, 0.15) is 0 Å². The van der Waals surface area contributed by atoms with Crippen molar-refractivity contribution in [1.82, 2.24) is 0 Å². The van der Waals surface area contributed by atoms with Crippen LogP contribution in [0, 0.1) is 10.8 Å². The molecule has 1 amide bonds. The van der Waals surface area contributed by atoms with E-state index in [1.807, 2.05) is 20.8 Å². The minimum Gasteiger partial charge on any atom is -0.370 e. The van der Waals surface area contributed by atoms with Crippen LogP contribution in [-0.4, -0.2) is 5.91 Å². The molecule has 0 atom stereocenters. The van der Waals surface area contributed by atoms with Crippen molar-refractivity contribution in [2.75, 3.05) is 0 Å². The number of carbonyl (C=O) groups is 1. The van der Waals surface area contributed by atoms with Crippen molar-refractivity contribution in [2.45, 2.75) is 68.7 Å². The summed E-state index contributed by atoms with van der Waals surface area (Å²) in [7, 11) is 0. The largest absolute Gasteiger partial charge is 0.370 e. The average molecular weight is 217 g/mol. The van der Waals surface area contributed by atoms with Gasteiger partial charge < -0.3 is 5.73 Å². The molecule has 2 N–H and O–H groups in total. The molecule has 0 rings (SSSR count). The van der Waals surface area contributed by atoms with Gasteiger partial charge >= 0.3 is 0 Å². The first-order chi connectivity index (χ1) is 5.98. The smallest absolute Gasteiger partial charge is 0.217 e. The Bertz CT molecular complexity index is 160. The molecule has 2 nitrogen and oxygen atoms in total. The van der Waals surface area contributed by atoms with E-state index in [9.17, 15) is 4.79 Å². The van der Waals surface area contributed by atoms with E-state index < -0.39 is 0 Å².